The molecule has 0 aromatic heterocycles. The molecule has 0 spiro atoms. The maximum absolute atomic E-state index is 13.8. The summed E-state index contributed by atoms with van der Waals surface area (Å²) < 4.78 is 10.6. The lowest BCUT2D eigenvalue weighted by molar-refractivity contribution is -0.157. The average Bonchev–Trinajstić information content (AvgIpc) is 3.05. The Bertz CT molecular complexity index is 1240. The molecule has 0 heterocycles. The van der Waals surface area contributed by atoms with Gasteiger partial charge in [-0.3, -0.25) is 19.2 Å². The van der Waals surface area contributed by atoms with Gasteiger partial charge in [-0.1, -0.05) is 76.8 Å². The van der Waals surface area contributed by atoms with Crippen LogP contribution < -0.4 is 10.6 Å². The Balaban J connectivity index is 1.64. The number of hydrogen-bond donors (Lipinski definition) is 2. The van der Waals surface area contributed by atoms with Crippen molar-refractivity contribution in [2.45, 2.75) is 143 Å². The van der Waals surface area contributed by atoms with Crippen molar-refractivity contribution in [2.75, 3.05) is 7.11 Å². The van der Waals surface area contributed by atoms with Crippen molar-refractivity contribution >= 4 is 29.5 Å². The summed E-state index contributed by atoms with van der Waals surface area (Å²) in [6.45, 7) is 11.4. The van der Waals surface area contributed by atoms with Crippen molar-refractivity contribution in [2.24, 2.45) is 35.5 Å². The van der Waals surface area contributed by atoms with E-state index in [1.54, 1.807) is 0 Å². The minimum absolute atomic E-state index is 0.0835. The summed E-state index contributed by atoms with van der Waals surface area (Å²) in [5, 5.41) is 6.20. The maximum atomic E-state index is 13.8. The Kier molecular flexibility index (Phi) is 15.8. The Morgan fingerprint density at radius 2 is 1.45 bits per heavy atom. The number of methoxy groups -OCH3 is 1. The van der Waals surface area contributed by atoms with Crippen molar-refractivity contribution in [3.63, 3.8) is 0 Å². The topological polar surface area (TPSA) is 128 Å². The van der Waals surface area contributed by atoms with Crippen LogP contribution in [0.2, 0.25) is 0 Å². The predicted molar refractivity (Wildman–Crippen MR) is 190 cm³/mol. The third kappa shape index (κ3) is 12.2. The molecule has 1 aromatic rings. The molecule has 2 N–H and O–H groups in total. The zero-order chi connectivity index (χ0) is 36.1. The van der Waals surface area contributed by atoms with Crippen molar-refractivity contribution in [3.05, 3.63) is 35.9 Å². The summed E-state index contributed by atoms with van der Waals surface area (Å²) in [5.74, 6) is -1.95. The monoisotopic (exact) mass is 682 g/mol. The van der Waals surface area contributed by atoms with Crippen LogP contribution in [0.15, 0.2) is 30.3 Å². The van der Waals surface area contributed by atoms with Crippen molar-refractivity contribution in [1.82, 2.24) is 10.6 Å². The minimum atomic E-state index is -0.809. The van der Waals surface area contributed by atoms with E-state index in [0.717, 1.165) is 56.9 Å². The Morgan fingerprint density at radius 1 is 0.837 bits per heavy atom. The van der Waals surface area contributed by atoms with E-state index in [1.165, 1.54) is 7.11 Å². The van der Waals surface area contributed by atoms with Crippen LogP contribution in [-0.4, -0.2) is 54.3 Å². The van der Waals surface area contributed by atoms with Gasteiger partial charge in [0, 0.05) is 43.1 Å². The number of ketones is 1. The minimum Gasteiger partial charge on any atom is -0.467 e. The number of Topliss-reactive ketones (excluding diaryl/α,β-unsaturated/α-hetero) is 1. The highest BCUT2D eigenvalue weighted by Gasteiger charge is 2.40. The number of carbonyl (C=O) groups excluding carboxylic acids is 5. The number of ether oxygens (including phenoxy) is 2. The van der Waals surface area contributed by atoms with E-state index >= 15 is 0 Å². The highest BCUT2D eigenvalue weighted by atomic mass is 16.6. The number of carbonyl (C=O) groups is 5. The van der Waals surface area contributed by atoms with Crippen LogP contribution in [-0.2, 0) is 39.9 Å². The second kappa shape index (κ2) is 19.2. The van der Waals surface area contributed by atoms with E-state index in [2.05, 4.69) is 10.6 Å². The zero-order valence-electron chi connectivity index (χ0n) is 31.1. The Morgan fingerprint density at radius 3 is 2.06 bits per heavy atom. The van der Waals surface area contributed by atoms with E-state index in [9.17, 15) is 24.0 Å². The Hall–Kier alpha value is -3.23. The second-order valence-electron chi connectivity index (χ2n) is 15.4. The maximum Gasteiger partial charge on any atom is 0.328 e. The molecule has 9 nitrogen and oxygen atoms in total. The first-order valence-corrected chi connectivity index (χ1v) is 18.7. The smallest absolute Gasteiger partial charge is 0.328 e. The van der Waals surface area contributed by atoms with Crippen molar-refractivity contribution < 1.29 is 33.4 Å². The normalized spacial score (nSPS) is 23.7. The molecular weight excluding hydrogens is 620 g/mol. The number of amides is 2. The van der Waals surface area contributed by atoms with Gasteiger partial charge in [0.05, 0.1) is 7.11 Å². The SMILES string of the molecule is CC[C@@H](C(=O)C[C@H](C)C(=O)N[C@@H]1CCCC[C@@H]1[C@@H](CC)C(=O)N[C@H](Cc1ccccc1)C(=O)OC)[C@H]1CCCC[C@H]1CC(=O)OC(C)(C)C. The predicted octanol–water partition coefficient (Wildman–Crippen LogP) is 6.75. The molecule has 2 fully saturated rings. The standard InChI is InChI=1S/C40H62N2O7/c1-8-29(31-20-14-13-19-28(31)25-36(44)49-40(4,5)6)35(43)23-26(3)37(45)41-33-22-16-15-21-32(33)30(9-2)38(46)42-34(39(47)48-7)24-27-17-11-10-12-18-27/h10-12,17-18,26,28-34H,8-9,13-16,19-25H2,1-7H3,(H,41,45)(H,42,46)/t26-,28-,29+,30+,31-,32+,33+,34+/m0/s1. The van der Waals surface area contributed by atoms with Gasteiger partial charge < -0.3 is 20.1 Å². The molecule has 2 saturated carbocycles. The fourth-order valence-electron chi connectivity index (χ4n) is 8.22. The molecule has 1 aromatic carbocycles. The third-order valence-electron chi connectivity index (χ3n) is 10.7. The molecule has 2 aliphatic carbocycles. The lowest BCUT2D eigenvalue weighted by Gasteiger charge is -2.38. The molecule has 0 saturated heterocycles. The van der Waals surface area contributed by atoms with Crippen LogP contribution in [0.1, 0.15) is 124 Å². The van der Waals surface area contributed by atoms with E-state index in [1.807, 2.05) is 71.9 Å². The van der Waals surface area contributed by atoms with Gasteiger partial charge in [-0.25, -0.2) is 4.79 Å². The van der Waals surface area contributed by atoms with Gasteiger partial charge in [0.25, 0.3) is 0 Å². The van der Waals surface area contributed by atoms with Crippen LogP contribution in [0.4, 0.5) is 0 Å². The molecule has 0 bridgehead atoms. The van der Waals surface area contributed by atoms with Crippen molar-refractivity contribution in [3.8, 4) is 0 Å². The summed E-state index contributed by atoms with van der Waals surface area (Å²) in [6.07, 6.45) is 9.41. The number of rotatable bonds is 16. The first-order chi connectivity index (χ1) is 23.3. The fraction of sp³-hybridized carbons (Fsp3) is 0.725. The number of benzene rings is 1. The summed E-state index contributed by atoms with van der Waals surface area (Å²) in [5.41, 5.74) is 0.376. The van der Waals surface area contributed by atoms with Gasteiger partial charge >= 0.3 is 11.9 Å². The summed E-state index contributed by atoms with van der Waals surface area (Å²) >= 11 is 0. The van der Waals surface area contributed by atoms with Crippen LogP contribution >= 0.6 is 0 Å². The van der Waals surface area contributed by atoms with Crippen LogP contribution in [0, 0.1) is 35.5 Å². The molecule has 2 aliphatic rings. The molecular formula is C40H62N2O7. The van der Waals surface area contributed by atoms with Crippen LogP contribution in [0.5, 0.6) is 0 Å². The number of nitrogens with one attached hydrogen (secondary N) is 2. The highest BCUT2D eigenvalue weighted by molar-refractivity contribution is 5.88. The quantitative estimate of drug-likeness (QED) is 0.185. The molecule has 8 atom stereocenters. The number of esters is 2. The zero-order valence-corrected chi connectivity index (χ0v) is 31.1. The van der Waals surface area contributed by atoms with Gasteiger partial charge in [0.15, 0.2) is 0 Å². The summed E-state index contributed by atoms with van der Waals surface area (Å²) in [4.78, 5) is 66.5. The largest absolute Gasteiger partial charge is 0.467 e. The fourth-order valence-corrected chi connectivity index (χ4v) is 8.22. The molecule has 2 amide bonds. The van der Waals surface area contributed by atoms with E-state index < -0.39 is 23.5 Å². The molecule has 0 aliphatic heterocycles. The second-order valence-corrected chi connectivity index (χ2v) is 15.4. The molecule has 0 radical (unpaired) electrons. The van der Waals surface area contributed by atoms with Gasteiger partial charge in [0.1, 0.15) is 17.4 Å². The van der Waals surface area contributed by atoms with Crippen LogP contribution in [0.3, 0.4) is 0 Å². The van der Waals surface area contributed by atoms with E-state index in [0.29, 0.717) is 25.7 Å². The van der Waals surface area contributed by atoms with Gasteiger partial charge in [-0.2, -0.15) is 0 Å². The van der Waals surface area contributed by atoms with Gasteiger partial charge in [-0.05, 0) is 82.6 Å². The van der Waals surface area contributed by atoms with Gasteiger partial charge in [-0.15, -0.1) is 0 Å². The molecule has 3 rings (SSSR count). The summed E-state index contributed by atoms with van der Waals surface area (Å²) in [6, 6.07) is 8.52. The number of hydrogen-bond acceptors (Lipinski definition) is 7. The van der Waals surface area contributed by atoms with E-state index in [4.69, 9.17) is 9.47 Å². The van der Waals surface area contributed by atoms with E-state index in [-0.39, 0.29) is 65.6 Å². The van der Waals surface area contributed by atoms with Crippen molar-refractivity contribution in [1.29, 1.82) is 0 Å². The first kappa shape index (κ1) is 40.2. The summed E-state index contributed by atoms with van der Waals surface area (Å²) in [7, 11) is 1.32. The molecule has 274 valence electrons. The Labute approximate surface area is 294 Å². The molecule has 49 heavy (non-hydrogen) atoms. The third-order valence-corrected chi connectivity index (χ3v) is 10.7. The lowest BCUT2D eigenvalue weighted by Crippen LogP contribution is -2.52. The van der Waals surface area contributed by atoms with Gasteiger partial charge in [0.2, 0.25) is 11.8 Å². The lowest BCUT2D eigenvalue weighted by atomic mass is 9.68. The molecule has 0 unspecified atom stereocenters. The average molecular weight is 683 g/mol. The first-order valence-electron chi connectivity index (χ1n) is 18.7. The highest BCUT2D eigenvalue weighted by Crippen LogP contribution is 2.40. The molecule has 9 heteroatoms. The van der Waals surface area contributed by atoms with Crippen LogP contribution in [0.25, 0.3) is 0 Å².